The maximum Gasteiger partial charge on any atom is 0.0718 e. The van der Waals surface area contributed by atoms with Gasteiger partial charge in [-0.15, -0.1) is 0 Å². The predicted octanol–water partition coefficient (Wildman–Crippen LogP) is 12.5. The Hall–Kier alpha value is -6.38. The molecule has 0 saturated heterocycles. The molecule has 7 aromatic carbocycles. The molecule has 2 nitrogen and oxygen atoms in total. The van der Waals surface area contributed by atoms with Crippen molar-refractivity contribution in [2.24, 2.45) is 0 Å². The Morgan fingerprint density at radius 1 is 0.451 bits per heavy atom. The SMILES string of the molecule is C1=C(c2ccc(-c3cnc4ccccc4c3)nc2)CCc2c1c(-c1ccc3ccccc3c1)c1ccc3c(c1c2-c1ccc2ccccc2c1)C3. The third-order valence-electron chi connectivity index (χ3n) is 11.1. The molecule has 51 heavy (non-hydrogen) atoms. The third-order valence-corrected chi connectivity index (χ3v) is 11.1. The molecule has 9 aromatic rings. The number of allylic oxidation sites excluding steroid dienone is 1. The Morgan fingerprint density at radius 3 is 1.84 bits per heavy atom. The van der Waals surface area contributed by atoms with Gasteiger partial charge in [0, 0.05) is 23.3 Å². The van der Waals surface area contributed by atoms with Crippen molar-refractivity contribution in [3.63, 3.8) is 0 Å². The van der Waals surface area contributed by atoms with E-state index in [4.69, 9.17) is 4.98 Å². The molecule has 0 radical (unpaired) electrons. The van der Waals surface area contributed by atoms with Crippen LogP contribution in [0.25, 0.3) is 88.4 Å². The number of hydrogen-bond acceptors (Lipinski definition) is 2. The second-order valence-electron chi connectivity index (χ2n) is 14.1. The largest absolute Gasteiger partial charge is 0.256 e. The van der Waals surface area contributed by atoms with Crippen molar-refractivity contribution in [3.05, 3.63) is 180 Å². The number of aromatic nitrogens is 2. The summed E-state index contributed by atoms with van der Waals surface area (Å²) in [5.41, 5.74) is 16.6. The highest BCUT2D eigenvalue weighted by Crippen LogP contribution is 2.51. The maximum absolute atomic E-state index is 4.98. The lowest BCUT2D eigenvalue weighted by molar-refractivity contribution is 1.00. The fourth-order valence-electron chi connectivity index (χ4n) is 8.50. The molecular formula is C49H32N2. The lowest BCUT2D eigenvalue weighted by Gasteiger charge is -2.26. The van der Waals surface area contributed by atoms with E-state index in [1.54, 1.807) is 0 Å². The average molecular weight is 649 g/mol. The van der Waals surface area contributed by atoms with E-state index in [9.17, 15) is 0 Å². The summed E-state index contributed by atoms with van der Waals surface area (Å²) >= 11 is 0. The second kappa shape index (κ2) is 11.1. The van der Waals surface area contributed by atoms with Crippen LogP contribution in [-0.4, -0.2) is 9.97 Å². The van der Waals surface area contributed by atoms with Crippen LogP contribution in [0.5, 0.6) is 0 Å². The molecule has 11 rings (SSSR count). The molecule has 0 bridgehead atoms. The zero-order valence-electron chi connectivity index (χ0n) is 28.0. The van der Waals surface area contributed by atoms with Crippen LogP contribution in [0, 0.1) is 0 Å². The quantitative estimate of drug-likeness (QED) is 0.190. The molecule has 0 unspecified atom stereocenters. The van der Waals surface area contributed by atoms with Gasteiger partial charge in [0.1, 0.15) is 0 Å². The first-order valence-corrected chi connectivity index (χ1v) is 17.9. The normalized spacial score (nSPS) is 13.4. The van der Waals surface area contributed by atoms with Gasteiger partial charge in [-0.2, -0.15) is 0 Å². The Bertz CT molecular complexity index is 2930. The number of rotatable bonds is 4. The van der Waals surface area contributed by atoms with E-state index in [-0.39, 0.29) is 0 Å². The van der Waals surface area contributed by atoms with Crippen LogP contribution >= 0.6 is 0 Å². The fraction of sp³-hybridized carbons (Fsp3) is 0.0612. The molecule has 0 aliphatic heterocycles. The van der Waals surface area contributed by atoms with E-state index in [0.29, 0.717) is 0 Å². The highest BCUT2D eigenvalue weighted by molar-refractivity contribution is 6.15. The predicted molar refractivity (Wildman–Crippen MR) is 214 cm³/mol. The first-order valence-electron chi connectivity index (χ1n) is 17.9. The fourth-order valence-corrected chi connectivity index (χ4v) is 8.50. The van der Waals surface area contributed by atoms with Gasteiger partial charge >= 0.3 is 0 Å². The number of para-hydroxylation sites is 1. The topological polar surface area (TPSA) is 25.8 Å². The van der Waals surface area contributed by atoms with Crippen molar-refractivity contribution < 1.29 is 0 Å². The van der Waals surface area contributed by atoms with Crippen LogP contribution in [0.2, 0.25) is 0 Å². The van der Waals surface area contributed by atoms with E-state index >= 15 is 0 Å². The number of pyridine rings is 2. The van der Waals surface area contributed by atoms with Crippen molar-refractivity contribution >= 4 is 54.9 Å². The number of hydrogen-bond donors (Lipinski definition) is 0. The molecule has 2 aliphatic rings. The van der Waals surface area contributed by atoms with E-state index in [0.717, 1.165) is 41.4 Å². The summed E-state index contributed by atoms with van der Waals surface area (Å²) in [5.74, 6) is 0. The lowest BCUT2D eigenvalue weighted by atomic mass is 9.77. The van der Waals surface area contributed by atoms with Gasteiger partial charge in [0.05, 0.1) is 11.2 Å². The molecule has 0 saturated carbocycles. The summed E-state index contributed by atoms with van der Waals surface area (Å²) in [5, 5.41) is 9.01. The second-order valence-corrected chi connectivity index (χ2v) is 14.1. The van der Waals surface area contributed by atoms with Gasteiger partial charge in [0.2, 0.25) is 0 Å². The molecule has 0 atom stereocenters. The maximum atomic E-state index is 4.98. The summed E-state index contributed by atoms with van der Waals surface area (Å²) in [4.78, 5) is 9.67. The molecular weight excluding hydrogens is 617 g/mol. The van der Waals surface area contributed by atoms with Gasteiger partial charge in [0.15, 0.2) is 0 Å². The molecule has 2 aromatic heterocycles. The highest BCUT2D eigenvalue weighted by atomic mass is 14.7. The third kappa shape index (κ3) is 4.64. The molecule has 2 heteroatoms. The van der Waals surface area contributed by atoms with Crippen LogP contribution in [0.3, 0.4) is 0 Å². The van der Waals surface area contributed by atoms with Gasteiger partial charge in [0.25, 0.3) is 0 Å². The van der Waals surface area contributed by atoms with E-state index in [1.807, 2.05) is 18.3 Å². The minimum absolute atomic E-state index is 0.942. The van der Waals surface area contributed by atoms with Crippen molar-refractivity contribution in [3.8, 4) is 33.5 Å². The summed E-state index contributed by atoms with van der Waals surface area (Å²) in [6.07, 6.45) is 9.48. The lowest BCUT2D eigenvalue weighted by Crippen LogP contribution is -2.06. The van der Waals surface area contributed by atoms with Crippen LogP contribution in [-0.2, 0) is 12.8 Å². The number of nitrogens with zero attached hydrogens (tertiary/aromatic N) is 2. The monoisotopic (exact) mass is 648 g/mol. The summed E-state index contributed by atoms with van der Waals surface area (Å²) in [7, 11) is 0. The molecule has 0 N–H and O–H groups in total. The molecule has 0 spiro atoms. The smallest absolute Gasteiger partial charge is 0.0718 e. The summed E-state index contributed by atoms with van der Waals surface area (Å²) < 4.78 is 0. The minimum Gasteiger partial charge on any atom is -0.256 e. The number of fused-ring (bicyclic) bond motifs is 7. The minimum atomic E-state index is 0.942. The Labute approximate surface area is 296 Å². The van der Waals surface area contributed by atoms with Gasteiger partial charge in [-0.05, 0) is 138 Å². The standard InChI is InChI=1S/C49H32N2/c1-3-9-32-23-37(15-13-30(32)7-1)47-42-21-18-35-27-43(35)49(42)48(38-16-14-31-8-2-4-10-33(31)24-38)41-20-17-34(26-44(41)47)39-19-22-46(50-28-39)40-25-36-11-5-6-12-45(36)51-29-40/h1-16,18-19,21-26,28-29H,17,20,27H2. The van der Waals surface area contributed by atoms with Crippen LogP contribution in [0.4, 0.5) is 0 Å². The molecule has 2 aliphatic carbocycles. The summed E-state index contributed by atoms with van der Waals surface area (Å²) in [6, 6.07) is 51.1. The van der Waals surface area contributed by atoms with E-state index in [2.05, 4.69) is 145 Å². The van der Waals surface area contributed by atoms with Gasteiger partial charge in [-0.25, -0.2) is 0 Å². The van der Waals surface area contributed by atoms with E-state index in [1.165, 1.54) is 88.0 Å². The van der Waals surface area contributed by atoms with Crippen LogP contribution in [0.15, 0.2) is 152 Å². The Morgan fingerprint density at radius 2 is 1.10 bits per heavy atom. The summed E-state index contributed by atoms with van der Waals surface area (Å²) in [6.45, 7) is 0. The first kappa shape index (κ1) is 28.5. The Kier molecular flexibility index (Phi) is 6.17. The van der Waals surface area contributed by atoms with Gasteiger partial charge in [-0.1, -0.05) is 115 Å². The van der Waals surface area contributed by atoms with Gasteiger partial charge < -0.3 is 0 Å². The molecule has 0 fully saturated rings. The Balaban J connectivity index is 1.13. The zero-order chi connectivity index (χ0) is 33.5. The van der Waals surface area contributed by atoms with E-state index < -0.39 is 0 Å². The number of benzene rings is 7. The highest BCUT2D eigenvalue weighted by Gasteiger charge is 2.30. The van der Waals surface area contributed by atoms with Crippen LogP contribution < -0.4 is 0 Å². The average Bonchev–Trinajstić information content (AvgIpc) is 4.00. The van der Waals surface area contributed by atoms with Crippen LogP contribution in [0.1, 0.15) is 34.2 Å². The van der Waals surface area contributed by atoms with Gasteiger partial charge in [-0.3, -0.25) is 9.97 Å². The molecule has 0 amide bonds. The zero-order valence-corrected chi connectivity index (χ0v) is 28.0. The van der Waals surface area contributed by atoms with Crippen molar-refractivity contribution in [2.45, 2.75) is 19.3 Å². The molecule has 238 valence electrons. The van der Waals surface area contributed by atoms with Crippen molar-refractivity contribution in [1.82, 2.24) is 9.97 Å². The van der Waals surface area contributed by atoms with Crippen molar-refractivity contribution in [1.29, 1.82) is 0 Å². The van der Waals surface area contributed by atoms with Crippen molar-refractivity contribution in [2.75, 3.05) is 0 Å². The first-order chi connectivity index (χ1) is 25.2. The molecule has 2 heterocycles.